The van der Waals surface area contributed by atoms with Gasteiger partial charge in [-0.05, 0) is 6.08 Å². The van der Waals surface area contributed by atoms with E-state index in [4.69, 9.17) is 0 Å². The van der Waals surface area contributed by atoms with Crippen molar-refractivity contribution in [2.24, 2.45) is 0 Å². The molecule has 1 heterocycles. The lowest BCUT2D eigenvalue weighted by Gasteiger charge is -2.13. The van der Waals surface area contributed by atoms with Crippen molar-refractivity contribution in [1.29, 1.82) is 0 Å². The fraction of sp³-hybridized carbons (Fsp3) is 0.462. The first-order valence-electron chi connectivity index (χ1n) is 5.99. The van der Waals surface area contributed by atoms with Gasteiger partial charge in [0.25, 0.3) is 5.91 Å². The number of carbonyl (C=O) groups is 2. The second-order valence-electron chi connectivity index (χ2n) is 5.04. The van der Waals surface area contributed by atoms with E-state index in [1.54, 1.807) is 5.38 Å². The van der Waals surface area contributed by atoms with Crippen LogP contribution in [0.1, 0.15) is 36.3 Å². The Bertz CT molecular complexity index is 474. The average Bonchev–Trinajstić information content (AvgIpc) is 2.83. The summed E-state index contributed by atoms with van der Waals surface area (Å²) < 4.78 is 0. The third-order valence-corrected chi connectivity index (χ3v) is 3.54. The number of nitrogens with zero attached hydrogens (tertiary/aromatic N) is 1. The molecule has 2 amide bonds. The molecule has 0 radical (unpaired) electrons. The second-order valence-corrected chi connectivity index (χ2v) is 5.90. The molecule has 19 heavy (non-hydrogen) atoms. The number of aromatic nitrogens is 1. The lowest BCUT2D eigenvalue weighted by atomic mass is 9.98. The van der Waals surface area contributed by atoms with Crippen molar-refractivity contribution >= 4 is 23.2 Å². The second kappa shape index (κ2) is 6.47. The lowest BCUT2D eigenvalue weighted by molar-refractivity contribution is -0.116. The maximum Gasteiger partial charge on any atom is 0.270 e. The Kier molecular flexibility index (Phi) is 5.23. The zero-order valence-corrected chi connectivity index (χ0v) is 12.3. The maximum absolute atomic E-state index is 11.8. The standard InChI is InChI=1S/C13H19N3O2S/c1-5-10(17)14-6-7-15-11(18)9-8-19-12(16-9)13(2,3)4/h5,8H,1,6-7H2,2-4H3,(H,14,17)(H,15,18). The van der Waals surface area contributed by atoms with Gasteiger partial charge in [-0.1, -0.05) is 27.4 Å². The van der Waals surface area contributed by atoms with Gasteiger partial charge in [-0.25, -0.2) is 4.98 Å². The summed E-state index contributed by atoms with van der Waals surface area (Å²) in [5.41, 5.74) is 0.367. The zero-order chi connectivity index (χ0) is 14.5. The number of amides is 2. The Morgan fingerprint density at radius 3 is 2.53 bits per heavy atom. The molecule has 0 aromatic carbocycles. The molecule has 1 aromatic heterocycles. The fourth-order valence-corrected chi connectivity index (χ4v) is 2.13. The number of thiazole rings is 1. The van der Waals surface area contributed by atoms with E-state index in [9.17, 15) is 9.59 Å². The van der Waals surface area contributed by atoms with Crippen molar-refractivity contribution in [1.82, 2.24) is 15.6 Å². The van der Waals surface area contributed by atoms with E-state index in [2.05, 4.69) is 43.0 Å². The lowest BCUT2D eigenvalue weighted by Crippen LogP contribution is -2.34. The summed E-state index contributed by atoms with van der Waals surface area (Å²) in [6, 6.07) is 0. The topological polar surface area (TPSA) is 71.1 Å². The molecule has 1 aromatic rings. The number of nitrogens with one attached hydrogen (secondary N) is 2. The summed E-state index contributed by atoms with van der Waals surface area (Å²) in [6.07, 6.45) is 1.19. The van der Waals surface area contributed by atoms with Gasteiger partial charge in [0.2, 0.25) is 5.91 Å². The van der Waals surface area contributed by atoms with Gasteiger partial charge in [-0.15, -0.1) is 11.3 Å². The summed E-state index contributed by atoms with van der Waals surface area (Å²) in [4.78, 5) is 27.0. The van der Waals surface area contributed by atoms with Crippen LogP contribution >= 0.6 is 11.3 Å². The van der Waals surface area contributed by atoms with E-state index in [1.807, 2.05) is 0 Å². The molecular formula is C13H19N3O2S. The molecule has 0 spiro atoms. The smallest absolute Gasteiger partial charge is 0.270 e. The minimum absolute atomic E-state index is 0.0544. The van der Waals surface area contributed by atoms with Gasteiger partial charge in [0.1, 0.15) is 5.69 Å². The first-order valence-corrected chi connectivity index (χ1v) is 6.87. The van der Waals surface area contributed by atoms with Crippen LogP contribution in [0.3, 0.4) is 0 Å². The summed E-state index contributed by atoms with van der Waals surface area (Å²) in [7, 11) is 0. The average molecular weight is 281 g/mol. The molecule has 0 bridgehead atoms. The highest BCUT2D eigenvalue weighted by Crippen LogP contribution is 2.25. The highest BCUT2D eigenvalue weighted by molar-refractivity contribution is 7.10. The summed E-state index contributed by atoms with van der Waals surface area (Å²) >= 11 is 1.48. The van der Waals surface area contributed by atoms with Gasteiger partial charge in [-0.2, -0.15) is 0 Å². The molecular weight excluding hydrogens is 262 g/mol. The molecule has 6 heteroatoms. The largest absolute Gasteiger partial charge is 0.351 e. The number of carbonyl (C=O) groups excluding carboxylic acids is 2. The van der Waals surface area contributed by atoms with Crippen LogP contribution in [-0.2, 0) is 10.2 Å². The Morgan fingerprint density at radius 1 is 1.37 bits per heavy atom. The van der Waals surface area contributed by atoms with E-state index in [-0.39, 0.29) is 17.2 Å². The normalized spacial score (nSPS) is 10.9. The monoisotopic (exact) mass is 281 g/mol. The predicted octanol–water partition coefficient (Wildman–Crippen LogP) is 1.47. The van der Waals surface area contributed by atoms with Crippen LogP contribution in [0.2, 0.25) is 0 Å². The van der Waals surface area contributed by atoms with Crippen LogP contribution in [-0.4, -0.2) is 29.9 Å². The molecule has 0 unspecified atom stereocenters. The van der Waals surface area contributed by atoms with E-state index >= 15 is 0 Å². The van der Waals surface area contributed by atoms with Crippen LogP contribution in [0.4, 0.5) is 0 Å². The highest BCUT2D eigenvalue weighted by atomic mass is 32.1. The van der Waals surface area contributed by atoms with E-state index in [0.29, 0.717) is 18.8 Å². The van der Waals surface area contributed by atoms with Gasteiger partial charge >= 0.3 is 0 Å². The van der Waals surface area contributed by atoms with Crippen LogP contribution in [0.25, 0.3) is 0 Å². The van der Waals surface area contributed by atoms with Gasteiger partial charge in [0.05, 0.1) is 5.01 Å². The Balaban J connectivity index is 2.44. The third-order valence-electron chi connectivity index (χ3n) is 2.27. The zero-order valence-electron chi connectivity index (χ0n) is 11.4. The minimum Gasteiger partial charge on any atom is -0.351 e. The molecule has 0 saturated carbocycles. The summed E-state index contributed by atoms with van der Waals surface area (Å²) in [5, 5.41) is 7.96. The van der Waals surface area contributed by atoms with Crippen molar-refractivity contribution < 1.29 is 9.59 Å². The molecule has 2 N–H and O–H groups in total. The van der Waals surface area contributed by atoms with E-state index < -0.39 is 0 Å². The number of hydrogen-bond donors (Lipinski definition) is 2. The number of rotatable bonds is 5. The third kappa shape index (κ3) is 4.82. The summed E-state index contributed by atoms with van der Waals surface area (Å²) in [5.74, 6) is -0.475. The van der Waals surface area contributed by atoms with Crippen LogP contribution < -0.4 is 10.6 Å². The SMILES string of the molecule is C=CC(=O)NCCNC(=O)c1csc(C(C)(C)C)n1. The molecule has 104 valence electrons. The fourth-order valence-electron chi connectivity index (χ4n) is 1.25. The van der Waals surface area contributed by atoms with Crippen molar-refractivity contribution in [3.8, 4) is 0 Å². The molecule has 5 nitrogen and oxygen atoms in total. The molecule has 0 atom stereocenters. The van der Waals surface area contributed by atoms with Gasteiger partial charge in [0, 0.05) is 23.9 Å². The first-order chi connectivity index (χ1) is 8.84. The van der Waals surface area contributed by atoms with Gasteiger partial charge in [-0.3, -0.25) is 9.59 Å². The minimum atomic E-state index is -0.252. The predicted molar refractivity (Wildman–Crippen MR) is 76.4 cm³/mol. The van der Waals surface area contributed by atoms with Crippen LogP contribution in [0, 0.1) is 0 Å². The van der Waals surface area contributed by atoms with Crippen LogP contribution in [0.5, 0.6) is 0 Å². The van der Waals surface area contributed by atoms with Crippen molar-refractivity contribution in [2.45, 2.75) is 26.2 Å². The highest BCUT2D eigenvalue weighted by Gasteiger charge is 2.20. The maximum atomic E-state index is 11.8. The molecule has 1 rings (SSSR count). The molecule has 0 aliphatic heterocycles. The van der Waals surface area contributed by atoms with E-state index in [0.717, 1.165) is 5.01 Å². The number of hydrogen-bond acceptors (Lipinski definition) is 4. The Morgan fingerprint density at radius 2 is 2.00 bits per heavy atom. The van der Waals surface area contributed by atoms with E-state index in [1.165, 1.54) is 17.4 Å². The van der Waals surface area contributed by atoms with Gasteiger partial charge < -0.3 is 10.6 Å². The van der Waals surface area contributed by atoms with Gasteiger partial charge in [0.15, 0.2) is 0 Å². The van der Waals surface area contributed by atoms with Crippen molar-refractivity contribution in [3.63, 3.8) is 0 Å². The molecule has 0 saturated heterocycles. The Hall–Kier alpha value is -1.69. The molecule has 0 aliphatic carbocycles. The molecule has 0 aliphatic rings. The Labute approximate surface area is 117 Å². The summed E-state index contributed by atoms with van der Waals surface area (Å²) in [6.45, 7) is 10.2. The van der Waals surface area contributed by atoms with Crippen molar-refractivity contribution in [2.75, 3.05) is 13.1 Å². The molecule has 0 fully saturated rings. The first kappa shape index (κ1) is 15.4. The van der Waals surface area contributed by atoms with Crippen molar-refractivity contribution in [3.05, 3.63) is 28.7 Å². The quantitative estimate of drug-likeness (QED) is 0.634. The van der Waals surface area contributed by atoms with Crippen LogP contribution in [0.15, 0.2) is 18.0 Å².